The fourth-order valence-corrected chi connectivity index (χ4v) is 3.79. The topological polar surface area (TPSA) is 79.9 Å². The van der Waals surface area contributed by atoms with Crippen LogP contribution in [0.5, 0.6) is 5.75 Å². The second-order valence-corrected chi connectivity index (χ2v) is 8.44. The second-order valence-electron chi connectivity index (χ2n) is 8.44. The zero-order chi connectivity index (χ0) is 25.6. The highest BCUT2D eigenvalue weighted by atomic mass is 19.4. The molecule has 1 fully saturated rings. The summed E-state index contributed by atoms with van der Waals surface area (Å²) in [7, 11) is 0. The highest BCUT2D eigenvalue weighted by Crippen LogP contribution is 2.36. The molecule has 0 aliphatic carbocycles. The van der Waals surface area contributed by atoms with E-state index < -0.39 is 29.6 Å². The maximum Gasteiger partial charge on any atom is 0.416 e. The van der Waals surface area contributed by atoms with Crippen LogP contribution in [0.3, 0.4) is 0 Å². The van der Waals surface area contributed by atoms with E-state index in [0.717, 1.165) is 12.1 Å². The first-order chi connectivity index (χ1) is 16.6. The molecular formula is C25H30F3N3O4. The van der Waals surface area contributed by atoms with Crippen LogP contribution in [0.25, 0.3) is 0 Å². The van der Waals surface area contributed by atoms with E-state index in [1.165, 1.54) is 6.07 Å². The fourth-order valence-electron chi connectivity index (χ4n) is 3.79. The second kappa shape index (κ2) is 11.4. The van der Waals surface area contributed by atoms with Crippen LogP contribution in [0.2, 0.25) is 0 Å². The predicted molar refractivity (Wildman–Crippen MR) is 127 cm³/mol. The quantitative estimate of drug-likeness (QED) is 0.572. The van der Waals surface area contributed by atoms with E-state index in [9.17, 15) is 22.8 Å². The number of hydrogen-bond acceptors (Lipinski definition) is 5. The number of ether oxygens (including phenoxy) is 2. The van der Waals surface area contributed by atoms with Crippen molar-refractivity contribution >= 4 is 23.2 Å². The average molecular weight is 494 g/mol. The summed E-state index contributed by atoms with van der Waals surface area (Å²) in [6, 6.07) is 8.92. The number of amides is 2. The normalized spacial score (nSPS) is 15.0. The molecule has 0 saturated carbocycles. The van der Waals surface area contributed by atoms with Crippen LogP contribution in [0.4, 0.5) is 24.5 Å². The zero-order valence-corrected chi connectivity index (χ0v) is 19.9. The van der Waals surface area contributed by atoms with Crippen LogP contribution in [0.15, 0.2) is 42.5 Å². The minimum Gasteiger partial charge on any atom is -0.493 e. The van der Waals surface area contributed by atoms with Gasteiger partial charge < -0.3 is 25.0 Å². The molecule has 1 atom stereocenters. The summed E-state index contributed by atoms with van der Waals surface area (Å²) in [6.07, 6.45) is -4.57. The molecule has 0 aromatic heterocycles. The van der Waals surface area contributed by atoms with Gasteiger partial charge in [-0.05, 0) is 43.2 Å². The van der Waals surface area contributed by atoms with Crippen molar-refractivity contribution in [3.63, 3.8) is 0 Å². The van der Waals surface area contributed by atoms with Gasteiger partial charge >= 0.3 is 6.18 Å². The monoisotopic (exact) mass is 493 g/mol. The maximum atomic E-state index is 13.4. The van der Waals surface area contributed by atoms with E-state index in [0.29, 0.717) is 44.3 Å². The predicted octanol–water partition coefficient (Wildman–Crippen LogP) is 4.33. The Hall–Kier alpha value is -3.27. The number of anilines is 2. The molecule has 1 aliphatic rings. The van der Waals surface area contributed by atoms with Gasteiger partial charge in [-0.1, -0.05) is 26.0 Å². The number of halogens is 3. The number of alkyl halides is 3. The van der Waals surface area contributed by atoms with Crippen LogP contribution >= 0.6 is 0 Å². The molecule has 10 heteroatoms. The molecule has 0 radical (unpaired) electrons. The van der Waals surface area contributed by atoms with Gasteiger partial charge in [0, 0.05) is 13.1 Å². The molecule has 3 rings (SSSR count). The van der Waals surface area contributed by atoms with E-state index in [1.54, 1.807) is 45.0 Å². The molecular weight excluding hydrogens is 463 g/mol. The summed E-state index contributed by atoms with van der Waals surface area (Å²) in [4.78, 5) is 28.1. The van der Waals surface area contributed by atoms with Crippen molar-refractivity contribution in [1.82, 2.24) is 5.32 Å². The van der Waals surface area contributed by atoms with Gasteiger partial charge in [0.15, 0.2) is 0 Å². The largest absolute Gasteiger partial charge is 0.493 e. The van der Waals surface area contributed by atoms with Gasteiger partial charge in [0.05, 0.1) is 42.3 Å². The Balaban J connectivity index is 1.87. The Morgan fingerprint density at radius 3 is 2.43 bits per heavy atom. The third-order valence-electron chi connectivity index (χ3n) is 5.60. The van der Waals surface area contributed by atoms with Crippen molar-refractivity contribution in [1.29, 1.82) is 0 Å². The number of hydrogen-bond donors (Lipinski definition) is 2. The van der Waals surface area contributed by atoms with E-state index in [1.807, 2.05) is 4.90 Å². The zero-order valence-electron chi connectivity index (χ0n) is 19.9. The molecule has 7 nitrogen and oxygen atoms in total. The van der Waals surface area contributed by atoms with Crippen LogP contribution < -0.4 is 20.3 Å². The van der Waals surface area contributed by atoms with Crippen molar-refractivity contribution in [3.05, 3.63) is 53.6 Å². The number of para-hydroxylation sites is 1. The lowest BCUT2D eigenvalue weighted by atomic mass is 10.0. The summed E-state index contributed by atoms with van der Waals surface area (Å²) < 4.78 is 51.1. The molecule has 0 spiro atoms. The Morgan fingerprint density at radius 1 is 1.11 bits per heavy atom. The van der Waals surface area contributed by atoms with E-state index in [-0.39, 0.29) is 17.2 Å². The molecule has 1 aliphatic heterocycles. The lowest BCUT2D eigenvalue weighted by Gasteiger charge is -2.31. The molecule has 1 saturated heterocycles. The molecule has 190 valence electrons. The SMILES string of the molecule is CCOc1ccccc1C(=O)NC(C(=O)Nc1cc(C(F)(F)F)ccc1N1CCOCC1)C(C)C. The number of nitrogens with zero attached hydrogens (tertiary/aromatic N) is 1. The summed E-state index contributed by atoms with van der Waals surface area (Å²) in [5, 5.41) is 5.34. The maximum absolute atomic E-state index is 13.4. The molecule has 35 heavy (non-hydrogen) atoms. The Bertz CT molecular complexity index is 1040. The van der Waals surface area contributed by atoms with Crippen molar-refractivity contribution < 1.29 is 32.2 Å². The number of rotatable bonds is 8. The summed E-state index contributed by atoms with van der Waals surface area (Å²) >= 11 is 0. The molecule has 1 heterocycles. The number of carbonyl (C=O) groups is 2. The third kappa shape index (κ3) is 6.66. The summed E-state index contributed by atoms with van der Waals surface area (Å²) in [5.74, 6) is -1.09. The van der Waals surface area contributed by atoms with Crippen molar-refractivity contribution in [2.45, 2.75) is 33.0 Å². The number of carbonyl (C=O) groups excluding carboxylic acids is 2. The standard InChI is InChI=1S/C25H30F3N3O4/c1-4-35-21-8-6-5-7-18(21)23(32)30-22(16(2)3)24(33)29-19-15-17(25(26,27)28)9-10-20(19)31-11-13-34-14-12-31/h5-10,15-16,22H,4,11-14H2,1-3H3,(H,29,33)(H,30,32). The van der Waals surface area contributed by atoms with Crippen molar-refractivity contribution in [2.24, 2.45) is 5.92 Å². The third-order valence-corrected chi connectivity index (χ3v) is 5.60. The highest BCUT2D eigenvalue weighted by molar-refractivity contribution is 6.03. The molecule has 0 bridgehead atoms. The Morgan fingerprint density at radius 2 is 1.80 bits per heavy atom. The highest BCUT2D eigenvalue weighted by Gasteiger charge is 2.33. The number of benzene rings is 2. The van der Waals surface area contributed by atoms with Gasteiger partial charge in [-0.2, -0.15) is 13.2 Å². The lowest BCUT2D eigenvalue weighted by molar-refractivity contribution is -0.137. The van der Waals surface area contributed by atoms with Gasteiger partial charge in [-0.15, -0.1) is 0 Å². The van der Waals surface area contributed by atoms with E-state index in [4.69, 9.17) is 9.47 Å². The molecule has 1 unspecified atom stereocenters. The van der Waals surface area contributed by atoms with E-state index in [2.05, 4.69) is 10.6 Å². The van der Waals surface area contributed by atoms with Gasteiger partial charge in [0.25, 0.3) is 5.91 Å². The average Bonchev–Trinajstić information content (AvgIpc) is 2.82. The van der Waals surface area contributed by atoms with Gasteiger partial charge in [-0.3, -0.25) is 9.59 Å². The van der Waals surface area contributed by atoms with Crippen LogP contribution in [-0.4, -0.2) is 50.8 Å². The molecule has 2 amide bonds. The number of morpholine rings is 1. The minimum absolute atomic E-state index is 0.0290. The lowest BCUT2D eigenvalue weighted by Crippen LogP contribution is -2.47. The van der Waals surface area contributed by atoms with Crippen molar-refractivity contribution in [2.75, 3.05) is 43.1 Å². The smallest absolute Gasteiger partial charge is 0.416 e. The van der Waals surface area contributed by atoms with E-state index >= 15 is 0 Å². The van der Waals surface area contributed by atoms with Gasteiger partial charge in [0.2, 0.25) is 5.91 Å². The summed E-state index contributed by atoms with van der Waals surface area (Å²) in [5.41, 5.74) is -0.118. The van der Waals surface area contributed by atoms with Crippen LogP contribution in [-0.2, 0) is 15.7 Å². The Labute approximate surface area is 202 Å². The minimum atomic E-state index is -4.57. The fraction of sp³-hybridized carbons (Fsp3) is 0.440. The van der Waals surface area contributed by atoms with Crippen molar-refractivity contribution in [3.8, 4) is 5.75 Å². The first-order valence-electron chi connectivity index (χ1n) is 11.5. The van der Waals surface area contributed by atoms with Crippen LogP contribution in [0.1, 0.15) is 36.7 Å². The molecule has 2 aromatic carbocycles. The Kier molecular flexibility index (Phi) is 8.61. The van der Waals surface area contributed by atoms with Gasteiger partial charge in [0.1, 0.15) is 11.8 Å². The first-order valence-corrected chi connectivity index (χ1v) is 11.5. The van der Waals surface area contributed by atoms with Crippen LogP contribution in [0, 0.1) is 5.92 Å². The number of nitrogens with one attached hydrogen (secondary N) is 2. The molecule has 2 N–H and O–H groups in total. The van der Waals surface area contributed by atoms with Gasteiger partial charge in [-0.25, -0.2) is 0 Å². The summed E-state index contributed by atoms with van der Waals surface area (Å²) in [6.45, 7) is 7.46. The first kappa shape index (κ1) is 26.3. The molecule has 2 aromatic rings.